The summed E-state index contributed by atoms with van der Waals surface area (Å²) in [5, 5.41) is 6.28. The average molecular weight is 449 g/mol. The third-order valence-electron chi connectivity index (χ3n) is 5.94. The Morgan fingerprint density at radius 3 is 2.63 bits per heavy atom. The molecule has 0 bridgehead atoms. The Balaban J connectivity index is 1.57. The van der Waals surface area contributed by atoms with Crippen molar-refractivity contribution in [1.29, 1.82) is 0 Å². The van der Waals surface area contributed by atoms with E-state index >= 15 is 0 Å². The molecule has 3 heterocycles. The lowest BCUT2D eigenvalue weighted by atomic mass is 9.98. The number of anilines is 1. The first kappa shape index (κ1) is 21.4. The van der Waals surface area contributed by atoms with Crippen LogP contribution >= 0.6 is 11.3 Å². The summed E-state index contributed by atoms with van der Waals surface area (Å²) in [5.74, 6) is -0.0734. The normalized spacial score (nSPS) is 19.6. The van der Waals surface area contributed by atoms with Crippen molar-refractivity contribution in [3.05, 3.63) is 46.5 Å². The number of sulfonamides is 1. The van der Waals surface area contributed by atoms with Crippen molar-refractivity contribution in [3.8, 4) is 0 Å². The van der Waals surface area contributed by atoms with Crippen LogP contribution in [0.2, 0.25) is 0 Å². The summed E-state index contributed by atoms with van der Waals surface area (Å²) in [7, 11) is -3.49. The van der Waals surface area contributed by atoms with E-state index < -0.39 is 15.4 Å². The van der Waals surface area contributed by atoms with Crippen molar-refractivity contribution in [1.82, 2.24) is 14.6 Å². The maximum Gasteiger partial charge on any atom is 0.235 e. The molecule has 1 unspecified atom stereocenters. The monoisotopic (exact) mass is 448 g/mol. The first-order valence-corrected chi connectivity index (χ1v) is 12.8. The van der Waals surface area contributed by atoms with Gasteiger partial charge in [-0.2, -0.15) is 0 Å². The summed E-state index contributed by atoms with van der Waals surface area (Å²) in [5.41, 5.74) is 1.56. The Hall–Kier alpha value is -1.81. The SMILES string of the molecule is Cc1ccccc1C(=O)c1cnc(NC(C2CCNCC2)S(=O)(=O)N2CCCC2)s1. The van der Waals surface area contributed by atoms with Gasteiger partial charge in [-0.15, -0.1) is 0 Å². The van der Waals surface area contributed by atoms with Crippen molar-refractivity contribution < 1.29 is 13.2 Å². The zero-order valence-electron chi connectivity index (χ0n) is 17.1. The first-order valence-electron chi connectivity index (χ1n) is 10.5. The van der Waals surface area contributed by atoms with E-state index in [0.717, 1.165) is 44.3 Å². The van der Waals surface area contributed by atoms with Gasteiger partial charge in [-0.05, 0) is 57.2 Å². The molecule has 4 rings (SSSR count). The van der Waals surface area contributed by atoms with E-state index in [4.69, 9.17) is 0 Å². The number of nitrogens with zero attached hydrogens (tertiary/aromatic N) is 2. The molecule has 7 nitrogen and oxygen atoms in total. The number of carbonyl (C=O) groups excluding carboxylic acids is 1. The van der Waals surface area contributed by atoms with Crippen LogP contribution in [-0.4, -0.2) is 55.0 Å². The number of carbonyl (C=O) groups is 1. The first-order chi connectivity index (χ1) is 14.5. The van der Waals surface area contributed by atoms with E-state index in [0.29, 0.717) is 28.7 Å². The van der Waals surface area contributed by atoms with Gasteiger partial charge in [0.25, 0.3) is 0 Å². The summed E-state index contributed by atoms with van der Waals surface area (Å²) in [6, 6.07) is 7.46. The molecule has 9 heteroatoms. The summed E-state index contributed by atoms with van der Waals surface area (Å²) in [6.45, 7) is 4.70. The van der Waals surface area contributed by atoms with Gasteiger partial charge in [0.05, 0.1) is 11.1 Å². The number of nitrogens with one attached hydrogen (secondary N) is 2. The summed E-state index contributed by atoms with van der Waals surface area (Å²) in [6.07, 6.45) is 4.95. The molecule has 30 heavy (non-hydrogen) atoms. The third kappa shape index (κ3) is 4.44. The molecule has 2 fully saturated rings. The van der Waals surface area contributed by atoms with Crippen LogP contribution in [0.3, 0.4) is 0 Å². The Morgan fingerprint density at radius 2 is 1.93 bits per heavy atom. The fraction of sp³-hybridized carbons (Fsp3) is 0.524. The van der Waals surface area contributed by atoms with Crippen LogP contribution in [0.25, 0.3) is 0 Å². The van der Waals surface area contributed by atoms with Gasteiger partial charge in [-0.1, -0.05) is 35.6 Å². The average Bonchev–Trinajstić information content (AvgIpc) is 3.45. The Kier molecular flexibility index (Phi) is 6.52. The standard InChI is InChI=1S/C21H28N4O3S2/c1-15-6-2-3-7-17(15)19(26)18-14-23-21(29-18)24-20(16-8-10-22-11-9-16)30(27,28)25-12-4-5-13-25/h2-3,6-7,14,16,20,22H,4-5,8-13H2,1H3,(H,23,24). The Morgan fingerprint density at radius 1 is 1.23 bits per heavy atom. The van der Waals surface area contributed by atoms with E-state index in [-0.39, 0.29) is 11.7 Å². The molecule has 2 N–H and O–H groups in total. The highest BCUT2D eigenvalue weighted by Gasteiger charge is 2.39. The predicted molar refractivity (Wildman–Crippen MR) is 119 cm³/mol. The highest BCUT2D eigenvalue weighted by molar-refractivity contribution is 7.89. The molecule has 2 aromatic rings. The highest BCUT2D eigenvalue weighted by Crippen LogP contribution is 2.30. The fourth-order valence-corrected chi connectivity index (χ4v) is 7.20. The third-order valence-corrected chi connectivity index (χ3v) is 9.10. The Labute approximate surface area is 181 Å². The molecule has 2 saturated heterocycles. The number of hydrogen-bond donors (Lipinski definition) is 2. The molecule has 0 radical (unpaired) electrons. The van der Waals surface area contributed by atoms with Crippen molar-refractivity contribution in [2.75, 3.05) is 31.5 Å². The lowest BCUT2D eigenvalue weighted by Gasteiger charge is -2.33. The number of rotatable bonds is 7. The number of ketones is 1. The number of piperidine rings is 1. The van der Waals surface area contributed by atoms with Crippen molar-refractivity contribution in [2.24, 2.45) is 5.92 Å². The van der Waals surface area contributed by atoms with Gasteiger partial charge < -0.3 is 10.6 Å². The molecule has 162 valence electrons. The van der Waals surface area contributed by atoms with Gasteiger partial charge in [-0.3, -0.25) is 4.79 Å². The molecular weight excluding hydrogens is 420 g/mol. The molecule has 2 aliphatic heterocycles. The fourth-order valence-electron chi connectivity index (χ4n) is 4.21. The van der Waals surface area contributed by atoms with Crippen LogP contribution in [0.15, 0.2) is 30.5 Å². The lowest BCUT2D eigenvalue weighted by Crippen LogP contribution is -2.48. The number of aromatic nitrogens is 1. The predicted octanol–water partition coefficient (Wildman–Crippen LogP) is 2.85. The second-order valence-electron chi connectivity index (χ2n) is 7.98. The quantitative estimate of drug-likeness (QED) is 0.633. The zero-order chi connectivity index (χ0) is 21.1. The largest absolute Gasteiger partial charge is 0.344 e. The Bertz CT molecular complexity index is 993. The molecule has 1 aromatic heterocycles. The van der Waals surface area contributed by atoms with Crippen LogP contribution in [0.5, 0.6) is 0 Å². The van der Waals surface area contributed by atoms with Gasteiger partial charge in [0.1, 0.15) is 5.37 Å². The van der Waals surface area contributed by atoms with Crippen molar-refractivity contribution in [3.63, 3.8) is 0 Å². The minimum atomic E-state index is -3.49. The number of benzene rings is 1. The molecule has 0 saturated carbocycles. The number of thiazole rings is 1. The topological polar surface area (TPSA) is 91.4 Å². The maximum absolute atomic E-state index is 13.4. The van der Waals surface area contributed by atoms with Crippen LogP contribution in [0.1, 0.15) is 46.5 Å². The molecule has 1 atom stereocenters. The van der Waals surface area contributed by atoms with Gasteiger partial charge in [-0.25, -0.2) is 17.7 Å². The summed E-state index contributed by atoms with van der Waals surface area (Å²) in [4.78, 5) is 17.7. The van der Waals surface area contributed by atoms with Gasteiger partial charge in [0, 0.05) is 18.7 Å². The van der Waals surface area contributed by atoms with E-state index in [1.165, 1.54) is 11.3 Å². The van der Waals surface area contributed by atoms with E-state index in [9.17, 15) is 13.2 Å². The van der Waals surface area contributed by atoms with Gasteiger partial charge in [0.15, 0.2) is 5.13 Å². The molecule has 0 aliphatic carbocycles. The van der Waals surface area contributed by atoms with Crippen LogP contribution < -0.4 is 10.6 Å². The van der Waals surface area contributed by atoms with E-state index in [1.54, 1.807) is 16.6 Å². The number of aryl methyl sites for hydroxylation is 1. The van der Waals surface area contributed by atoms with Crippen LogP contribution in [-0.2, 0) is 10.0 Å². The molecular formula is C21H28N4O3S2. The van der Waals surface area contributed by atoms with E-state index in [2.05, 4.69) is 15.6 Å². The zero-order valence-corrected chi connectivity index (χ0v) is 18.8. The smallest absolute Gasteiger partial charge is 0.235 e. The van der Waals surface area contributed by atoms with Crippen LogP contribution in [0, 0.1) is 12.8 Å². The summed E-state index contributed by atoms with van der Waals surface area (Å²) >= 11 is 1.23. The van der Waals surface area contributed by atoms with Gasteiger partial charge in [0.2, 0.25) is 15.8 Å². The second-order valence-corrected chi connectivity index (χ2v) is 11.1. The lowest BCUT2D eigenvalue weighted by molar-refractivity contribution is 0.104. The second kappa shape index (κ2) is 9.13. The highest BCUT2D eigenvalue weighted by atomic mass is 32.2. The van der Waals surface area contributed by atoms with E-state index in [1.807, 2.05) is 25.1 Å². The minimum absolute atomic E-state index is 0.0104. The maximum atomic E-state index is 13.4. The van der Waals surface area contributed by atoms with Gasteiger partial charge >= 0.3 is 0 Å². The minimum Gasteiger partial charge on any atom is -0.344 e. The molecule has 1 aromatic carbocycles. The molecule has 0 amide bonds. The molecule has 2 aliphatic rings. The van der Waals surface area contributed by atoms with Crippen molar-refractivity contribution in [2.45, 2.75) is 38.0 Å². The van der Waals surface area contributed by atoms with Crippen LogP contribution in [0.4, 0.5) is 5.13 Å². The molecule has 0 spiro atoms. The number of hydrogen-bond acceptors (Lipinski definition) is 7. The summed E-state index contributed by atoms with van der Waals surface area (Å²) < 4.78 is 28.4. The van der Waals surface area contributed by atoms with Crippen molar-refractivity contribution >= 4 is 32.3 Å².